The Kier molecular flexibility index (Phi) is 6.09. The highest BCUT2D eigenvalue weighted by Gasteiger charge is 2.37. The van der Waals surface area contributed by atoms with Gasteiger partial charge in [-0.05, 0) is 32.2 Å². The molecule has 19 heavy (non-hydrogen) atoms. The molecule has 0 spiro atoms. The van der Waals surface area contributed by atoms with Crippen LogP contribution in [0.4, 0.5) is 0 Å². The van der Waals surface area contributed by atoms with Crippen molar-refractivity contribution < 1.29 is 4.79 Å². The van der Waals surface area contributed by atoms with E-state index in [-0.39, 0.29) is 30.3 Å². The van der Waals surface area contributed by atoms with Crippen LogP contribution in [0.1, 0.15) is 39.5 Å². The van der Waals surface area contributed by atoms with Crippen molar-refractivity contribution in [3.63, 3.8) is 0 Å². The molecule has 0 radical (unpaired) electrons. The van der Waals surface area contributed by atoms with Crippen LogP contribution in [0.5, 0.6) is 0 Å². The third kappa shape index (κ3) is 3.41. The minimum absolute atomic E-state index is 0. The Hall–Kier alpha value is -0.320. The molecule has 0 saturated carbocycles. The lowest BCUT2D eigenvalue weighted by Crippen LogP contribution is -2.49. The highest BCUT2D eigenvalue weighted by molar-refractivity contribution is 5.85. The normalized spacial score (nSPS) is 30.4. The molecule has 2 fully saturated rings. The van der Waals surface area contributed by atoms with Gasteiger partial charge in [0, 0.05) is 25.2 Å². The molecular formula is C14H28ClN3O. The summed E-state index contributed by atoms with van der Waals surface area (Å²) in [6, 6.07) is 0.898. The average molecular weight is 290 g/mol. The molecule has 2 aliphatic rings. The third-order valence-electron chi connectivity index (χ3n) is 5.00. The van der Waals surface area contributed by atoms with Crippen molar-refractivity contribution in [2.75, 3.05) is 20.1 Å². The van der Waals surface area contributed by atoms with Gasteiger partial charge in [0.2, 0.25) is 5.91 Å². The number of likely N-dealkylation sites (tertiary alicyclic amines) is 1. The first-order valence-electron chi connectivity index (χ1n) is 7.30. The quantitative estimate of drug-likeness (QED) is 0.856. The second-order valence-electron chi connectivity index (χ2n) is 6.03. The van der Waals surface area contributed by atoms with E-state index in [1.807, 2.05) is 4.90 Å². The lowest BCUT2D eigenvalue weighted by molar-refractivity contribution is -0.134. The number of nitrogens with two attached hydrogens (primary N) is 1. The van der Waals surface area contributed by atoms with Crippen LogP contribution >= 0.6 is 12.4 Å². The van der Waals surface area contributed by atoms with Gasteiger partial charge in [-0.3, -0.25) is 9.69 Å². The lowest BCUT2D eigenvalue weighted by Gasteiger charge is -2.29. The van der Waals surface area contributed by atoms with Crippen LogP contribution < -0.4 is 5.73 Å². The van der Waals surface area contributed by atoms with E-state index in [1.165, 1.54) is 12.8 Å². The van der Waals surface area contributed by atoms with E-state index >= 15 is 0 Å². The minimum atomic E-state index is -0.322. The maximum Gasteiger partial charge on any atom is 0.239 e. The topological polar surface area (TPSA) is 49.6 Å². The number of hydrogen-bond donors (Lipinski definition) is 1. The van der Waals surface area contributed by atoms with Gasteiger partial charge in [0.05, 0.1) is 6.04 Å². The molecule has 1 amide bonds. The molecule has 4 atom stereocenters. The number of rotatable bonds is 3. The summed E-state index contributed by atoms with van der Waals surface area (Å²) in [5, 5.41) is 0. The molecule has 2 N–H and O–H groups in total. The van der Waals surface area contributed by atoms with E-state index in [9.17, 15) is 4.79 Å². The summed E-state index contributed by atoms with van der Waals surface area (Å²) in [7, 11) is 2.20. The van der Waals surface area contributed by atoms with Crippen molar-refractivity contribution in [2.24, 2.45) is 11.7 Å². The van der Waals surface area contributed by atoms with Gasteiger partial charge in [-0.25, -0.2) is 0 Å². The van der Waals surface area contributed by atoms with Gasteiger partial charge >= 0.3 is 0 Å². The molecule has 112 valence electrons. The third-order valence-corrected chi connectivity index (χ3v) is 5.00. The first kappa shape index (κ1) is 16.7. The molecule has 0 aromatic rings. The molecule has 2 rings (SSSR count). The molecule has 0 aliphatic carbocycles. The number of carbonyl (C=O) groups is 1. The smallest absolute Gasteiger partial charge is 0.239 e. The number of nitrogens with zero attached hydrogens (tertiary/aromatic N) is 2. The molecule has 4 nitrogen and oxygen atoms in total. The molecule has 0 aromatic carbocycles. The number of amides is 1. The lowest BCUT2D eigenvalue weighted by atomic mass is 9.98. The predicted molar refractivity (Wildman–Crippen MR) is 80.4 cm³/mol. The standard InChI is InChI=1S/C14H27N3O.ClH/c1-4-10(2)13(15)14(18)17-8-7-11-5-6-12(9-17)16(11)3;/h10-13H,4-9,15H2,1-3H3;1H. The van der Waals surface area contributed by atoms with Gasteiger partial charge in [0.15, 0.2) is 0 Å². The number of likely N-dealkylation sites (N-methyl/N-ethyl adjacent to an activating group) is 1. The van der Waals surface area contributed by atoms with Crippen molar-refractivity contribution in [3.05, 3.63) is 0 Å². The largest absolute Gasteiger partial charge is 0.340 e. The zero-order valence-corrected chi connectivity index (χ0v) is 13.2. The summed E-state index contributed by atoms with van der Waals surface area (Å²) in [4.78, 5) is 16.9. The van der Waals surface area contributed by atoms with E-state index in [0.29, 0.717) is 12.1 Å². The monoisotopic (exact) mass is 289 g/mol. The molecule has 0 aromatic heterocycles. The first-order chi connectivity index (χ1) is 8.54. The summed E-state index contributed by atoms with van der Waals surface area (Å²) >= 11 is 0. The summed E-state index contributed by atoms with van der Waals surface area (Å²) in [5.74, 6) is 0.431. The number of hydrogen-bond acceptors (Lipinski definition) is 3. The number of halogens is 1. The maximum absolute atomic E-state index is 12.4. The molecule has 2 heterocycles. The van der Waals surface area contributed by atoms with Crippen LogP contribution in [0.15, 0.2) is 0 Å². The van der Waals surface area contributed by atoms with E-state index in [1.54, 1.807) is 0 Å². The van der Waals surface area contributed by atoms with Gasteiger partial charge in [-0.2, -0.15) is 0 Å². The zero-order chi connectivity index (χ0) is 13.3. The van der Waals surface area contributed by atoms with Crippen molar-refractivity contribution in [2.45, 2.75) is 57.7 Å². The van der Waals surface area contributed by atoms with Gasteiger partial charge < -0.3 is 10.6 Å². The van der Waals surface area contributed by atoms with Crippen LogP contribution in [0, 0.1) is 5.92 Å². The van der Waals surface area contributed by atoms with Crippen molar-refractivity contribution in [1.82, 2.24) is 9.80 Å². The average Bonchev–Trinajstić information content (AvgIpc) is 2.60. The van der Waals surface area contributed by atoms with Crippen molar-refractivity contribution >= 4 is 18.3 Å². The van der Waals surface area contributed by atoms with Gasteiger partial charge in [-0.15, -0.1) is 12.4 Å². The van der Waals surface area contributed by atoms with Crippen LogP contribution in [0.25, 0.3) is 0 Å². The van der Waals surface area contributed by atoms with Gasteiger partial charge in [-0.1, -0.05) is 20.3 Å². The Balaban J connectivity index is 0.00000180. The highest BCUT2D eigenvalue weighted by Crippen LogP contribution is 2.28. The SMILES string of the molecule is CCC(C)C(N)C(=O)N1CCC2CCC(C1)N2C.Cl. The molecule has 2 aliphatic heterocycles. The van der Waals surface area contributed by atoms with Gasteiger partial charge in [0.1, 0.15) is 0 Å². The maximum atomic E-state index is 12.4. The van der Waals surface area contributed by atoms with Crippen LogP contribution in [-0.2, 0) is 4.79 Å². The van der Waals surface area contributed by atoms with Crippen LogP contribution in [0.3, 0.4) is 0 Å². The summed E-state index contributed by atoms with van der Waals surface area (Å²) < 4.78 is 0. The predicted octanol–water partition coefficient (Wildman–Crippen LogP) is 1.48. The second-order valence-corrected chi connectivity index (χ2v) is 6.03. The fourth-order valence-electron chi connectivity index (χ4n) is 3.22. The Morgan fingerprint density at radius 2 is 1.95 bits per heavy atom. The van der Waals surface area contributed by atoms with E-state index < -0.39 is 0 Å². The minimum Gasteiger partial charge on any atom is -0.340 e. The van der Waals surface area contributed by atoms with E-state index in [0.717, 1.165) is 25.9 Å². The summed E-state index contributed by atoms with van der Waals surface area (Å²) in [6.45, 7) is 5.92. The van der Waals surface area contributed by atoms with Crippen LogP contribution in [-0.4, -0.2) is 54.0 Å². The Labute approximate surface area is 123 Å². The fraction of sp³-hybridized carbons (Fsp3) is 0.929. The molecule has 4 unspecified atom stereocenters. The molecule has 2 saturated heterocycles. The van der Waals surface area contributed by atoms with Gasteiger partial charge in [0.25, 0.3) is 0 Å². The number of fused-ring (bicyclic) bond motifs is 2. The zero-order valence-electron chi connectivity index (χ0n) is 12.3. The summed E-state index contributed by atoms with van der Waals surface area (Å²) in [5.41, 5.74) is 6.08. The Morgan fingerprint density at radius 3 is 2.58 bits per heavy atom. The first-order valence-corrected chi connectivity index (χ1v) is 7.30. The Bertz CT molecular complexity index is 313. The van der Waals surface area contributed by atoms with Crippen molar-refractivity contribution in [3.8, 4) is 0 Å². The highest BCUT2D eigenvalue weighted by atomic mass is 35.5. The number of carbonyl (C=O) groups excluding carboxylic acids is 1. The van der Waals surface area contributed by atoms with E-state index in [4.69, 9.17) is 5.73 Å². The van der Waals surface area contributed by atoms with Crippen LogP contribution in [0.2, 0.25) is 0 Å². The molecular weight excluding hydrogens is 262 g/mol. The fourth-order valence-corrected chi connectivity index (χ4v) is 3.22. The van der Waals surface area contributed by atoms with E-state index in [2.05, 4.69) is 25.8 Å². The molecule has 2 bridgehead atoms. The van der Waals surface area contributed by atoms with Crippen molar-refractivity contribution in [1.29, 1.82) is 0 Å². The Morgan fingerprint density at radius 1 is 1.32 bits per heavy atom. The summed E-state index contributed by atoms with van der Waals surface area (Å²) in [6.07, 6.45) is 4.59. The second kappa shape index (κ2) is 6.91. The molecule has 5 heteroatoms.